The van der Waals surface area contributed by atoms with Gasteiger partial charge in [0.2, 0.25) is 0 Å². The van der Waals surface area contributed by atoms with E-state index >= 15 is 0 Å². The van der Waals surface area contributed by atoms with Gasteiger partial charge in [-0.2, -0.15) is 5.26 Å². The number of halogens is 2. The molecule has 3 aromatic rings. The maximum absolute atomic E-state index is 12.5. The average Bonchev–Trinajstić information content (AvgIpc) is 3.18. The number of nitrogens with one attached hydrogen (secondary N) is 1. The van der Waals surface area contributed by atoms with Gasteiger partial charge in [0.1, 0.15) is 23.2 Å². The highest BCUT2D eigenvalue weighted by molar-refractivity contribution is 7.84. The van der Waals surface area contributed by atoms with Crippen LogP contribution in [0.5, 0.6) is 0 Å². The molecule has 30 heavy (non-hydrogen) atoms. The van der Waals surface area contributed by atoms with Crippen LogP contribution in [0.1, 0.15) is 17.5 Å². The van der Waals surface area contributed by atoms with Gasteiger partial charge in [-0.05, 0) is 49.4 Å². The molecule has 1 aromatic heterocycles. The van der Waals surface area contributed by atoms with Crippen LogP contribution in [-0.4, -0.2) is 5.91 Å². The van der Waals surface area contributed by atoms with Crippen LogP contribution in [0.25, 0.3) is 11.3 Å². The van der Waals surface area contributed by atoms with Crippen LogP contribution in [0.3, 0.4) is 0 Å². The molecule has 1 amide bonds. The molecule has 0 saturated heterocycles. The molecule has 1 N–H and O–H groups in total. The molecule has 1 aliphatic heterocycles. The smallest absolute Gasteiger partial charge is 0.266 e. The normalized spacial score (nSPS) is 16.4. The van der Waals surface area contributed by atoms with Crippen molar-refractivity contribution >= 4 is 47.4 Å². The zero-order valence-corrected chi connectivity index (χ0v) is 18.1. The van der Waals surface area contributed by atoms with Crippen molar-refractivity contribution in [2.75, 3.05) is 4.90 Å². The standard InChI is InChI=1S/C22H15Cl2N3O2S/c1-12-2-5-14(6-3-12)27-20(26-21(28)16(11-25)22(27)30)19-9-8-18(29-19)15-7-4-13(23)10-17(15)24/h2-10,20,30H,1H3,(H,26,28). The fourth-order valence-electron chi connectivity index (χ4n) is 3.21. The van der Waals surface area contributed by atoms with E-state index in [0.717, 1.165) is 11.3 Å². The fraction of sp³-hybridized carbons (Fsp3) is 0.0909. The molecule has 0 aliphatic carbocycles. The predicted octanol–water partition coefficient (Wildman–Crippen LogP) is 5.86. The lowest BCUT2D eigenvalue weighted by Gasteiger charge is -2.36. The van der Waals surface area contributed by atoms with Crippen molar-refractivity contribution in [2.24, 2.45) is 0 Å². The second-order valence-electron chi connectivity index (χ2n) is 6.72. The van der Waals surface area contributed by atoms with Gasteiger partial charge in [-0.3, -0.25) is 4.79 Å². The Morgan fingerprint density at radius 1 is 1.13 bits per heavy atom. The van der Waals surface area contributed by atoms with Gasteiger partial charge in [-0.25, -0.2) is 0 Å². The minimum Gasteiger partial charge on any atom is -0.457 e. The number of nitriles is 1. The molecule has 1 atom stereocenters. The third-order valence-electron chi connectivity index (χ3n) is 4.72. The largest absolute Gasteiger partial charge is 0.457 e. The van der Waals surface area contributed by atoms with Crippen molar-refractivity contribution in [2.45, 2.75) is 13.1 Å². The number of furan rings is 1. The van der Waals surface area contributed by atoms with Gasteiger partial charge in [0.25, 0.3) is 5.91 Å². The zero-order chi connectivity index (χ0) is 21.4. The van der Waals surface area contributed by atoms with Crippen LogP contribution in [0.4, 0.5) is 5.69 Å². The zero-order valence-electron chi connectivity index (χ0n) is 15.7. The lowest BCUT2D eigenvalue weighted by molar-refractivity contribution is -0.118. The lowest BCUT2D eigenvalue weighted by atomic mass is 10.1. The van der Waals surface area contributed by atoms with E-state index in [4.69, 9.17) is 27.6 Å². The Bertz CT molecular complexity index is 1210. The molecule has 0 spiro atoms. The average molecular weight is 456 g/mol. The lowest BCUT2D eigenvalue weighted by Crippen LogP contribution is -2.45. The summed E-state index contributed by atoms with van der Waals surface area (Å²) in [6.45, 7) is 1.98. The van der Waals surface area contributed by atoms with Gasteiger partial charge in [-0.15, -0.1) is 12.6 Å². The monoisotopic (exact) mass is 455 g/mol. The highest BCUT2D eigenvalue weighted by Gasteiger charge is 2.35. The summed E-state index contributed by atoms with van der Waals surface area (Å²) in [6, 6.07) is 18.2. The molecular formula is C22H15Cl2N3O2S. The molecule has 0 saturated carbocycles. The van der Waals surface area contributed by atoms with E-state index in [2.05, 4.69) is 17.9 Å². The molecule has 2 aromatic carbocycles. The molecule has 1 unspecified atom stereocenters. The summed E-state index contributed by atoms with van der Waals surface area (Å²) in [5.74, 6) is 0.479. The maximum Gasteiger partial charge on any atom is 0.266 e. The number of anilines is 1. The summed E-state index contributed by atoms with van der Waals surface area (Å²) in [5.41, 5.74) is 2.45. The number of hydrogen-bond acceptors (Lipinski definition) is 5. The van der Waals surface area contributed by atoms with Crippen LogP contribution in [-0.2, 0) is 4.79 Å². The first-order valence-corrected chi connectivity index (χ1v) is 10.1. The van der Waals surface area contributed by atoms with Gasteiger partial charge in [0.05, 0.1) is 10.1 Å². The van der Waals surface area contributed by atoms with Crippen molar-refractivity contribution in [3.05, 3.63) is 86.6 Å². The Balaban J connectivity index is 1.79. The fourth-order valence-corrected chi connectivity index (χ4v) is 4.10. The third kappa shape index (κ3) is 3.68. The topological polar surface area (TPSA) is 69.3 Å². The van der Waals surface area contributed by atoms with E-state index in [1.807, 2.05) is 37.3 Å². The second kappa shape index (κ2) is 8.11. The quantitative estimate of drug-likeness (QED) is 0.485. The summed E-state index contributed by atoms with van der Waals surface area (Å²) < 4.78 is 6.05. The van der Waals surface area contributed by atoms with Gasteiger partial charge < -0.3 is 14.6 Å². The van der Waals surface area contributed by atoms with Crippen molar-refractivity contribution in [1.29, 1.82) is 5.26 Å². The van der Waals surface area contributed by atoms with E-state index < -0.39 is 12.1 Å². The van der Waals surface area contributed by atoms with Gasteiger partial charge >= 0.3 is 0 Å². The Morgan fingerprint density at radius 3 is 2.53 bits per heavy atom. The van der Waals surface area contributed by atoms with E-state index in [1.54, 1.807) is 35.2 Å². The minimum absolute atomic E-state index is 0.0670. The van der Waals surface area contributed by atoms with Crippen molar-refractivity contribution < 1.29 is 9.21 Å². The Kier molecular flexibility index (Phi) is 5.52. The summed E-state index contributed by atoms with van der Waals surface area (Å²) in [4.78, 5) is 14.2. The molecule has 0 fully saturated rings. The minimum atomic E-state index is -0.690. The van der Waals surface area contributed by atoms with Crippen LogP contribution in [0.2, 0.25) is 10.0 Å². The summed E-state index contributed by atoms with van der Waals surface area (Å²) in [7, 11) is 0. The summed E-state index contributed by atoms with van der Waals surface area (Å²) in [5, 5.41) is 13.5. The first-order chi connectivity index (χ1) is 14.4. The molecular weight excluding hydrogens is 441 g/mol. The van der Waals surface area contributed by atoms with Crippen molar-refractivity contribution in [3.8, 4) is 17.4 Å². The molecule has 4 rings (SSSR count). The number of amides is 1. The molecule has 150 valence electrons. The van der Waals surface area contributed by atoms with Gasteiger partial charge in [0, 0.05) is 16.3 Å². The van der Waals surface area contributed by atoms with E-state index in [1.165, 1.54) is 0 Å². The number of hydrogen-bond donors (Lipinski definition) is 2. The molecule has 0 bridgehead atoms. The first kappa shape index (κ1) is 20.4. The Labute approximate surface area is 188 Å². The highest BCUT2D eigenvalue weighted by atomic mass is 35.5. The SMILES string of the molecule is Cc1ccc(N2C(S)=C(C#N)C(=O)NC2c2ccc(-c3ccc(Cl)cc3Cl)o2)cc1. The predicted molar refractivity (Wildman–Crippen MR) is 120 cm³/mol. The van der Waals surface area contributed by atoms with Crippen LogP contribution in [0, 0.1) is 18.3 Å². The number of aryl methyl sites for hydroxylation is 1. The number of thiol groups is 1. The van der Waals surface area contributed by atoms with Crippen molar-refractivity contribution in [3.63, 3.8) is 0 Å². The number of benzene rings is 2. The number of carbonyl (C=O) groups is 1. The second-order valence-corrected chi connectivity index (χ2v) is 7.99. The van der Waals surface area contributed by atoms with Crippen molar-refractivity contribution in [1.82, 2.24) is 5.32 Å². The van der Waals surface area contributed by atoms with Crippen LogP contribution in [0.15, 0.2) is 69.6 Å². The Hall–Kier alpha value is -2.85. The maximum atomic E-state index is 12.5. The van der Waals surface area contributed by atoms with E-state index in [0.29, 0.717) is 27.1 Å². The van der Waals surface area contributed by atoms with E-state index in [-0.39, 0.29) is 10.6 Å². The number of rotatable bonds is 3. The van der Waals surface area contributed by atoms with Crippen LogP contribution >= 0.6 is 35.8 Å². The van der Waals surface area contributed by atoms with Crippen LogP contribution < -0.4 is 10.2 Å². The number of carbonyl (C=O) groups excluding carboxylic acids is 1. The first-order valence-electron chi connectivity index (χ1n) is 8.94. The van der Waals surface area contributed by atoms with E-state index in [9.17, 15) is 10.1 Å². The van der Waals surface area contributed by atoms with Gasteiger partial charge in [0.15, 0.2) is 6.17 Å². The highest BCUT2D eigenvalue weighted by Crippen LogP contribution is 2.38. The molecule has 8 heteroatoms. The summed E-state index contributed by atoms with van der Waals surface area (Å²) in [6.07, 6.45) is -0.690. The van der Waals surface area contributed by atoms with Gasteiger partial charge in [-0.1, -0.05) is 40.9 Å². The molecule has 0 radical (unpaired) electrons. The third-order valence-corrected chi connectivity index (χ3v) is 5.71. The molecule has 2 heterocycles. The Morgan fingerprint density at radius 2 is 1.87 bits per heavy atom. The molecule has 5 nitrogen and oxygen atoms in total. The molecule has 1 aliphatic rings. The summed E-state index contributed by atoms with van der Waals surface area (Å²) >= 11 is 16.8. The number of nitrogens with zero attached hydrogens (tertiary/aromatic N) is 2.